The molecule has 0 N–H and O–H groups in total. The summed E-state index contributed by atoms with van der Waals surface area (Å²) >= 11 is 0. The molecule has 25 heavy (non-hydrogen) atoms. The summed E-state index contributed by atoms with van der Waals surface area (Å²) in [4.78, 5) is 31.9. The molecule has 1 atom stereocenters. The Morgan fingerprint density at radius 3 is 2.92 bits per heavy atom. The Balaban J connectivity index is 1.56. The number of carbonyl (C=O) groups excluding carboxylic acids is 1. The van der Waals surface area contributed by atoms with Crippen LogP contribution >= 0.6 is 0 Å². The maximum absolute atomic E-state index is 12.8. The van der Waals surface area contributed by atoms with E-state index in [4.69, 9.17) is 4.74 Å². The van der Waals surface area contributed by atoms with Crippen molar-refractivity contribution in [3.8, 4) is 0 Å². The number of benzene rings is 1. The van der Waals surface area contributed by atoms with Gasteiger partial charge in [-0.2, -0.15) is 0 Å². The maximum Gasteiger partial charge on any atom is 0.261 e. The quantitative estimate of drug-likeness (QED) is 0.831. The maximum atomic E-state index is 12.8. The van der Waals surface area contributed by atoms with Gasteiger partial charge in [-0.1, -0.05) is 12.1 Å². The molecule has 2 aromatic rings. The Kier molecular flexibility index (Phi) is 4.29. The van der Waals surface area contributed by atoms with Gasteiger partial charge >= 0.3 is 0 Å². The highest BCUT2D eigenvalue weighted by atomic mass is 16.5. The first-order valence-electron chi connectivity index (χ1n) is 8.95. The summed E-state index contributed by atoms with van der Waals surface area (Å²) in [6, 6.07) is 5.89. The Bertz CT molecular complexity index is 851. The van der Waals surface area contributed by atoms with Crippen molar-refractivity contribution in [3.63, 3.8) is 0 Å². The first kappa shape index (κ1) is 16.3. The fourth-order valence-electron chi connectivity index (χ4n) is 3.53. The molecule has 1 aliphatic carbocycles. The average molecular weight is 341 g/mol. The standard InChI is InChI=1S/C19H23N3O3/c1-13-3-2-4-16-18(13)20-12-21(19(16)24)10-17(23)22(15-5-6-15)9-14-7-8-25-11-14/h2-4,12,14-15H,5-11H2,1H3. The van der Waals surface area contributed by atoms with E-state index in [2.05, 4.69) is 4.98 Å². The van der Waals surface area contributed by atoms with Crippen LogP contribution in [0.15, 0.2) is 29.3 Å². The van der Waals surface area contributed by atoms with Crippen LogP contribution in [0.5, 0.6) is 0 Å². The van der Waals surface area contributed by atoms with Gasteiger partial charge in [0.05, 0.1) is 23.8 Å². The van der Waals surface area contributed by atoms with Crippen LogP contribution in [0.25, 0.3) is 10.9 Å². The third-order valence-electron chi connectivity index (χ3n) is 5.15. The van der Waals surface area contributed by atoms with E-state index in [9.17, 15) is 9.59 Å². The topological polar surface area (TPSA) is 64.4 Å². The van der Waals surface area contributed by atoms with Crippen molar-refractivity contribution in [1.29, 1.82) is 0 Å². The van der Waals surface area contributed by atoms with Gasteiger partial charge < -0.3 is 9.64 Å². The Labute approximate surface area is 146 Å². The highest BCUT2D eigenvalue weighted by Crippen LogP contribution is 2.29. The zero-order chi connectivity index (χ0) is 17.4. The number of para-hydroxylation sites is 1. The number of ether oxygens (including phenoxy) is 1. The third-order valence-corrected chi connectivity index (χ3v) is 5.15. The highest BCUT2D eigenvalue weighted by Gasteiger charge is 2.34. The average Bonchev–Trinajstić information content (AvgIpc) is 3.31. The molecule has 2 heterocycles. The minimum atomic E-state index is -0.151. The number of carbonyl (C=O) groups is 1. The lowest BCUT2D eigenvalue weighted by molar-refractivity contribution is -0.133. The smallest absolute Gasteiger partial charge is 0.261 e. The van der Waals surface area contributed by atoms with Crippen LogP contribution in [0.2, 0.25) is 0 Å². The molecule has 1 unspecified atom stereocenters. The fourth-order valence-corrected chi connectivity index (χ4v) is 3.53. The van der Waals surface area contributed by atoms with E-state index in [0.717, 1.165) is 44.6 Å². The fraction of sp³-hybridized carbons (Fsp3) is 0.526. The number of aryl methyl sites for hydroxylation is 1. The van der Waals surface area contributed by atoms with Gasteiger partial charge in [0.1, 0.15) is 6.54 Å². The van der Waals surface area contributed by atoms with Crippen molar-refractivity contribution in [2.45, 2.75) is 38.8 Å². The molecule has 1 aliphatic heterocycles. The second-order valence-electron chi connectivity index (χ2n) is 7.16. The molecule has 0 bridgehead atoms. The zero-order valence-corrected chi connectivity index (χ0v) is 14.5. The molecule has 1 aromatic heterocycles. The SMILES string of the molecule is Cc1cccc2c(=O)n(CC(=O)N(CC3CCOC3)C3CC3)cnc12. The van der Waals surface area contributed by atoms with Crippen LogP contribution in [0, 0.1) is 12.8 Å². The second-order valence-corrected chi connectivity index (χ2v) is 7.16. The molecule has 2 aliphatic rings. The molecule has 132 valence electrons. The van der Waals surface area contributed by atoms with Gasteiger partial charge in [0.25, 0.3) is 5.56 Å². The number of hydrogen-bond acceptors (Lipinski definition) is 4. The van der Waals surface area contributed by atoms with E-state index in [1.54, 1.807) is 6.07 Å². The normalized spacial score (nSPS) is 20.1. The number of nitrogens with zero attached hydrogens (tertiary/aromatic N) is 3. The van der Waals surface area contributed by atoms with Crippen molar-refractivity contribution >= 4 is 16.8 Å². The van der Waals surface area contributed by atoms with E-state index >= 15 is 0 Å². The van der Waals surface area contributed by atoms with Crippen LogP contribution in [0.3, 0.4) is 0 Å². The van der Waals surface area contributed by atoms with E-state index in [1.807, 2.05) is 24.0 Å². The summed E-state index contributed by atoms with van der Waals surface area (Å²) < 4.78 is 6.87. The summed E-state index contributed by atoms with van der Waals surface area (Å²) in [5, 5.41) is 0.567. The lowest BCUT2D eigenvalue weighted by Gasteiger charge is -2.25. The van der Waals surface area contributed by atoms with E-state index in [1.165, 1.54) is 10.9 Å². The van der Waals surface area contributed by atoms with Crippen LogP contribution in [-0.2, 0) is 16.1 Å². The number of rotatable bonds is 5. The molecule has 1 saturated carbocycles. The predicted octanol–water partition coefficient (Wildman–Crippen LogP) is 1.73. The van der Waals surface area contributed by atoms with Gasteiger partial charge in [-0.25, -0.2) is 4.98 Å². The van der Waals surface area contributed by atoms with E-state index < -0.39 is 0 Å². The Hall–Kier alpha value is -2.21. The lowest BCUT2D eigenvalue weighted by atomic mass is 10.1. The van der Waals surface area contributed by atoms with Gasteiger partial charge in [-0.05, 0) is 37.8 Å². The van der Waals surface area contributed by atoms with E-state index in [0.29, 0.717) is 22.9 Å². The van der Waals surface area contributed by atoms with E-state index in [-0.39, 0.29) is 18.0 Å². The largest absolute Gasteiger partial charge is 0.381 e. The summed E-state index contributed by atoms with van der Waals surface area (Å²) in [6.07, 6.45) is 4.62. The van der Waals surface area contributed by atoms with Gasteiger partial charge in [0, 0.05) is 25.1 Å². The van der Waals surface area contributed by atoms with Gasteiger partial charge in [-0.3, -0.25) is 14.2 Å². The van der Waals surface area contributed by atoms with Crippen molar-refractivity contribution in [1.82, 2.24) is 14.5 Å². The number of aromatic nitrogens is 2. The minimum absolute atomic E-state index is 0.00491. The Morgan fingerprint density at radius 1 is 1.36 bits per heavy atom. The monoisotopic (exact) mass is 341 g/mol. The molecular formula is C19H23N3O3. The summed E-state index contributed by atoms with van der Waals surface area (Å²) in [5.74, 6) is 0.420. The number of fused-ring (bicyclic) bond motifs is 1. The highest BCUT2D eigenvalue weighted by molar-refractivity contribution is 5.81. The summed E-state index contributed by atoms with van der Waals surface area (Å²) in [5.41, 5.74) is 1.52. The molecule has 2 fully saturated rings. The molecule has 4 rings (SSSR count). The molecule has 6 nitrogen and oxygen atoms in total. The molecule has 1 saturated heterocycles. The molecule has 6 heteroatoms. The first-order valence-corrected chi connectivity index (χ1v) is 8.95. The molecular weight excluding hydrogens is 318 g/mol. The molecule has 1 aromatic carbocycles. The van der Waals surface area contributed by atoms with Crippen molar-refractivity contribution in [2.75, 3.05) is 19.8 Å². The van der Waals surface area contributed by atoms with Crippen LogP contribution in [-0.4, -0.2) is 46.2 Å². The molecule has 0 radical (unpaired) electrons. The number of hydrogen-bond donors (Lipinski definition) is 0. The first-order chi connectivity index (χ1) is 12.1. The van der Waals surface area contributed by atoms with Gasteiger partial charge in [-0.15, -0.1) is 0 Å². The summed E-state index contributed by atoms with van der Waals surface area (Å²) in [6.45, 7) is 4.24. The van der Waals surface area contributed by atoms with Crippen molar-refractivity contribution in [2.24, 2.45) is 5.92 Å². The predicted molar refractivity (Wildman–Crippen MR) is 94.4 cm³/mol. The van der Waals surface area contributed by atoms with Crippen LogP contribution in [0.4, 0.5) is 0 Å². The number of amides is 1. The van der Waals surface area contributed by atoms with Gasteiger partial charge in [0.2, 0.25) is 5.91 Å². The Morgan fingerprint density at radius 2 is 2.20 bits per heavy atom. The molecule has 1 amide bonds. The van der Waals surface area contributed by atoms with Crippen molar-refractivity contribution < 1.29 is 9.53 Å². The lowest BCUT2D eigenvalue weighted by Crippen LogP contribution is -2.41. The minimum Gasteiger partial charge on any atom is -0.381 e. The van der Waals surface area contributed by atoms with Gasteiger partial charge in [0.15, 0.2) is 0 Å². The second kappa shape index (κ2) is 6.59. The molecule has 0 spiro atoms. The van der Waals surface area contributed by atoms with Crippen molar-refractivity contribution in [3.05, 3.63) is 40.4 Å². The summed E-state index contributed by atoms with van der Waals surface area (Å²) in [7, 11) is 0. The zero-order valence-electron chi connectivity index (χ0n) is 14.5. The third kappa shape index (κ3) is 3.31. The van der Waals surface area contributed by atoms with Crippen LogP contribution in [0.1, 0.15) is 24.8 Å². The van der Waals surface area contributed by atoms with Crippen LogP contribution < -0.4 is 5.56 Å².